The van der Waals surface area contributed by atoms with Gasteiger partial charge in [0.25, 0.3) is 0 Å². The topological polar surface area (TPSA) is 0 Å². The molecule has 70 valence electrons. The lowest BCUT2D eigenvalue weighted by atomic mass is 10.1. The fourth-order valence-corrected chi connectivity index (χ4v) is 0.887. The summed E-state index contributed by atoms with van der Waals surface area (Å²) in [6.07, 6.45) is 9.41. The Hall–Kier alpha value is -1.94. The minimum absolute atomic E-state index is 1.00. The van der Waals surface area contributed by atoms with E-state index in [0.717, 1.165) is 0 Å². The Morgan fingerprint density at radius 1 is 0.643 bits per heavy atom. The summed E-state index contributed by atoms with van der Waals surface area (Å²) in [5.74, 6) is -3.70. The molecule has 1 aromatic carbocycles. The summed E-state index contributed by atoms with van der Waals surface area (Å²) in [4.78, 5) is 0. The molecule has 0 aliphatic carbocycles. The Kier molecular flexibility index (Phi) is 2.49. The van der Waals surface area contributed by atoms with Crippen LogP contribution < -0.4 is 0 Å². The van der Waals surface area contributed by atoms with Crippen molar-refractivity contribution in [1.29, 1.82) is 0 Å². The molecule has 0 radical (unpaired) electrons. The Bertz CT molecular complexity index is 433. The van der Waals surface area contributed by atoms with Crippen molar-refractivity contribution in [2.75, 3.05) is 0 Å². The minimum Gasteiger partial charge on any atom is -0.204 e. The third-order valence-electron chi connectivity index (χ3n) is 1.55. The average Bonchev–Trinajstić information content (AvgIpc) is 2.16. The molecule has 14 heavy (non-hydrogen) atoms. The molecule has 0 aromatic heterocycles. The Morgan fingerprint density at radius 3 is 1.29 bits per heavy atom. The molecule has 0 bridgehead atoms. The van der Waals surface area contributed by atoms with Crippen LogP contribution in [0.1, 0.15) is 11.1 Å². The summed E-state index contributed by atoms with van der Waals surface area (Å²) in [5, 5.41) is 0. The molecular formula is C10H2F4. The van der Waals surface area contributed by atoms with Crippen LogP contribution in [-0.2, 0) is 0 Å². The lowest BCUT2D eigenvalue weighted by molar-refractivity contribution is 0.430. The monoisotopic (exact) mass is 198 g/mol. The molecule has 4 heteroatoms. The van der Waals surface area contributed by atoms with E-state index < -0.39 is 34.4 Å². The van der Waals surface area contributed by atoms with Crippen LogP contribution in [0.3, 0.4) is 0 Å². The van der Waals surface area contributed by atoms with Gasteiger partial charge in [-0.2, -0.15) is 0 Å². The summed E-state index contributed by atoms with van der Waals surface area (Å²) in [6.45, 7) is 0. The molecular weight excluding hydrogens is 196 g/mol. The highest BCUT2D eigenvalue weighted by molar-refractivity contribution is 5.46. The molecule has 0 N–H and O–H groups in total. The van der Waals surface area contributed by atoms with Crippen LogP contribution in [0.2, 0.25) is 0 Å². The van der Waals surface area contributed by atoms with Crippen molar-refractivity contribution in [3.63, 3.8) is 0 Å². The van der Waals surface area contributed by atoms with E-state index in [0.29, 0.717) is 0 Å². The van der Waals surface area contributed by atoms with Crippen LogP contribution in [0.4, 0.5) is 17.6 Å². The number of hydrogen-bond donors (Lipinski definition) is 0. The number of halogens is 4. The molecule has 0 atom stereocenters. The van der Waals surface area contributed by atoms with Crippen LogP contribution in [0.25, 0.3) is 0 Å². The van der Waals surface area contributed by atoms with Gasteiger partial charge < -0.3 is 0 Å². The molecule has 0 aliphatic heterocycles. The smallest absolute Gasteiger partial charge is 0.197 e. The van der Waals surface area contributed by atoms with Gasteiger partial charge in [-0.05, 0) is 0 Å². The lowest BCUT2D eigenvalue weighted by Gasteiger charge is -2.03. The third kappa shape index (κ3) is 1.22. The molecule has 0 saturated heterocycles. The summed E-state index contributed by atoms with van der Waals surface area (Å²) in [5.41, 5.74) is -2.01. The van der Waals surface area contributed by atoms with Crippen LogP contribution >= 0.6 is 0 Å². The summed E-state index contributed by atoms with van der Waals surface area (Å²) in [6, 6.07) is 0. The van der Waals surface area contributed by atoms with Gasteiger partial charge in [-0.15, -0.1) is 12.8 Å². The largest absolute Gasteiger partial charge is 0.204 e. The highest BCUT2D eigenvalue weighted by atomic mass is 19.2. The van der Waals surface area contributed by atoms with Crippen molar-refractivity contribution in [2.45, 2.75) is 0 Å². The number of rotatable bonds is 0. The summed E-state index contributed by atoms with van der Waals surface area (Å²) >= 11 is 0. The van der Waals surface area contributed by atoms with Crippen molar-refractivity contribution in [2.24, 2.45) is 0 Å². The van der Waals surface area contributed by atoms with E-state index in [-0.39, 0.29) is 0 Å². The molecule has 0 amide bonds. The SMILES string of the molecule is C#Cc1c(F)c(F)c(F)c(C#C)c1F. The lowest BCUT2D eigenvalue weighted by Crippen LogP contribution is -2.04. The normalized spacial score (nSPS) is 9.29. The predicted molar refractivity (Wildman–Crippen MR) is 42.1 cm³/mol. The second-order valence-electron chi connectivity index (χ2n) is 2.29. The van der Waals surface area contributed by atoms with E-state index >= 15 is 0 Å². The molecule has 1 rings (SSSR count). The first kappa shape index (κ1) is 10.1. The Morgan fingerprint density at radius 2 is 1.00 bits per heavy atom. The van der Waals surface area contributed by atoms with Gasteiger partial charge in [0.2, 0.25) is 0 Å². The quantitative estimate of drug-likeness (QED) is 0.259. The van der Waals surface area contributed by atoms with Crippen LogP contribution in [0.5, 0.6) is 0 Å². The van der Waals surface area contributed by atoms with Crippen molar-refractivity contribution in [1.82, 2.24) is 0 Å². The molecule has 0 saturated carbocycles. The maximum absolute atomic E-state index is 13.0. The molecule has 0 unspecified atom stereocenters. The second-order valence-corrected chi connectivity index (χ2v) is 2.29. The van der Waals surface area contributed by atoms with E-state index in [9.17, 15) is 17.6 Å². The molecule has 0 fully saturated rings. The van der Waals surface area contributed by atoms with Gasteiger partial charge >= 0.3 is 0 Å². The van der Waals surface area contributed by atoms with Gasteiger partial charge in [0.05, 0.1) is 0 Å². The van der Waals surface area contributed by atoms with E-state index in [1.54, 1.807) is 11.8 Å². The molecule has 0 aliphatic rings. The zero-order valence-corrected chi connectivity index (χ0v) is 6.67. The van der Waals surface area contributed by atoms with E-state index in [1.165, 1.54) is 0 Å². The molecule has 0 spiro atoms. The van der Waals surface area contributed by atoms with Crippen molar-refractivity contribution >= 4 is 0 Å². The Labute approximate surface area is 77.6 Å². The molecule has 0 heterocycles. The standard InChI is InChI=1S/C10H2F4/c1-3-5-7(11)6(4-2)9(13)10(14)8(5)12/h1-2H. The number of hydrogen-bond acceptors (Lipinski definition) is 0. The zero-order chi connectivity index (χ0) is 10.9. The predicted octanol–water partition coefficient (Wildman–Crippen LogP) is 2.21. The maximum atomic E-state index is 13.0. The molecule has 1 aromatic rings. The van der Waals surface area contributed by atoms with Gasteiger partial charge in [-0.25, -0.2) is 17.6 Å². The first-order chi connectivity index (χ1) is 6.54. The average molecular weight is 198 g/mol. The van der Waals surface area contributed by atoms with Gasteiger partial charge in [0.1, 0.15) is 11.1 Å². The second kappa shape index (κ2) is 3.43. The Balaban J connectivity index is 3.78. The fourth-order valence-electron chi connectivity index (χ4n) is 0.887. The number of terminal acetylenes is 2. The van der Waals surface area contributed by atoms with Gasteiger partial charge in [0.15, 0.2) is 23.3 Å². The first-order valence-corrected chi connectivity index (χ1v) is 3.33. The van der Waals surface area contributed by atoms with Crippen LogP contribution in [0.15, 0.2) is 0 Å². The third-order valence-corrected chi connectivity index (χ3v) is 1.55. The van der Waals surface area contributed by atoms with Crippen LogP contribution in [-0.4, -0.2) is 0 Å². The number of benzene rings is 1. The maximum Gasteiger partial charge on any atom is 0.197 e. The molecule has 0 nitrogen and oxygen atoms in total. The van der Waals surface area contributed by atoms with E-state index in [4.69, 9.17) is 12.8 Å². The fraction of sp³-hybridized carbons (Fsp3) is 0. The van der Waals surface area contributed by atoms with Gasteiger partial charge in [-0.1, -0.05) is 11.8 Å². The minimum atomic E-state index is -1.87. The van der Waals surface area contributed by atoms with Gasteiger partial charge in [0, 0.05) is 0 Å². The summed E-state index contributed by atoms with van der Waals surface area (Å²) < 4.78 is 51.3. The van der Waals surface area contributed by atoms with Crippen molar-refractivity contribution in [3.8, 4) is 24.7 Å². The van der Waals surface area contributed by atoms with Gasteiger partial charge in [-0.3, -0.25) is 0 Å². The van der Waals surface area contributed by atoms with Crippen LogP contribution in [0, 0.1) is 48.0 Å². The summed E-state index contributed by atoms with van der Waals surface area (Å²) in [7, 11) is 0. The van der Waals surface area contributed by atoms with Crippen molar-refractivity contribution in [3.05, 3.63) is 34.4 Å². The highest BCUT2D eigenvalue weighted by Crippen LogP contribution is 2.22. The highest BCUT2D eigenvalue weighted by Gasteiger charge is 2.23. The zero-order valence-electron chi connectivity index (χ0n) is 6.67. The van der Waals surface area contributed by atoms with Crippen molar-refractivity contribution < 1.29 is 17.6 Å². The van der Waals surface area contributed by atoms with E-state index in [2.05, 4.69) is 0 Å². The van der Waals surface area contributed by atoms with E-state index in [1.807, 2.05) is 0 Å². The first-order valence-electron chi connectivity index (χ1n) is 3.33.